The van der Waals surface area contributed by atoms with E-state index in [1.165, 1.54) is 44.9 Å². The number of carbonyl (C=O) groups is 2. The topological polar surface area (TPSA) is 34.1 Å². The van der Waals surface area contributed by atoms with Crippen molar-refractivity contribution >= 4 is 12.1 Å². The smallest absolute Gasteiger partial charge is 0.143 e. The standard InChI is InChI=1S/C22H42O2/c1-5-20(4)15-11-9-12-16-21(18-23)22(24)17-13-8-6-7-10-14-19(2)3/h18-21H,5-17H2,1-4H3. The van der Waals surface area contributed by atoms with Crippen molar-refractivity contribution in [1.82, 2.24) is 0 Å². The largest absolute Gasteiger partial charge is 0.303 e. The van der Waals surface area contributed by atoms with Crippen molar-refractivity contribution in [3.05, 3.63) is 0 Å². The molecule has 0 heterocycles. The first-order valence-corrected chi connectivity index (χ1v) is 10.5. The van der Waals surface area contributed by atoms with Gasteiger partial charge in [0, 0.05) is 6.42 Å². The van der Waals surface area contributed by atoms with Crippen LogP contribution in [0.1, 0.15) is 111 Å². The van der Waals surface area contributed by atoms with Crippen LogP contribution in [-0.2, 0) is 9.59 Å². The third kappa shape index (κ3) is 13.7. The Morgan fingerprint density at radius 3 is 1.96 bits per heavy atom. The minimum absolute atomic E-state index is 0.175. The minimum Gasteiger partial charge on any atom is -0.303 e. The maximum atomic E-state index is 12.1. The maximum Gasteiger partial charge on any atom is 0.143 e. The van der Waals surface area contributed by atoms with Gasteiger partial charge in [0.1, 0.15) is 12.1 Å². The average Bonchev–Trinajstić information content (AvgIpc) is 2.56. The lowest BCUT2D eigenvalue weighted by molar-refractivity contribution is -0.127. The fraction of sp³-hybridized carbons (Fsp3) is 0.909. The van der Waals surface area contributed by atoms with Crippen LogP contribution in [0.4, 0.5) is 0 Å². The van der Waals surface area contributed by atoms with Gasteiger partial charge in [-0.3, -0.25) is 4.79 Å². The van der Waals surface area contributed by atoms with Crippen LogP contribution in [0.5, 0.6) is 0 Å². The molecule has 2 heteroatoms. The van der Waals surface area contributed by atoms with Crippen molar-refractivity contribution in [2.45, 2.75) is 111 Å². The summed E-state index contributed by atoms with van der Waals surface area (Å²) in [6.45, 7) is 9.06. The third-order valence-corrected chi connectivity index (χ3v) is 5.19. The normalized spacial score (nSPS) is 13.9. The van der Waals surface area contributed by atoms with Crippen LogP contribution < -0.4 is 0 Å². The Hall–Kier alpha value is -0.660. The van der Waals surface area contributed by atoms with Crippen LogP contribution in [0, 0.1) is 17.8 Å². The lowest BCUT2D eigenvalue weighted by Gasteiger charge is -2.10. The zero-order valence-electron chi connectivity index (χ0n) is 16.8. The van der Waals surface area contributed by atoms with Gasteiger partial charge in [-0.15, -0.1) is 0 Å². The molecule has 0 rings (SSSR count). The molecule has 0 radical (unpaired) electrons. The lowest BCUT2D eigenvalue weighted by atomic mass is 9.93. The monoisotopic (exact) mass is 338 g/mol. The molecule has 142 valence electrons. The van der Waals surface area contributed by atoms with Gasteiger partial charge in [0.05, 0.1) is 5.92 Å². The van der Waals surface area contributed by atoms with E-state index in [2.05, 4.69) is 27.7 Å². The molecule has 0 aromatic rings. The Labute approximate surface area is 151 Å². The number of Topliss-reactive ketones (excluding diaryl/α,β-unsaturated/α-hetero) is 1. The highest BCUT2D eigenvalue weighted by atomic mass is 16.1. The van der Waals surface area contributed by atoms with Crippen molar-refractivity contribution < 1.29 is 9.59 Å². The van der Waals surface area contributed by atoms with Gasteiger partial charge in [0.15, 0.2) is 0 Å². The van der Waals surface area contributed by atoms with E-state index in [1.807, 2.05) is 0 Å². The summed E-state index contributed by atoms with van der Waals surface area (Å²) in [7, 11) is 0. The number of hydrogen-bond donors (Lipinski definition) is 0. The van der Waals surface area contributed by atoms with Crippen molar-refractivity contribution in [3.8, 4) is 0 Å². The van der Waals surface area contributed by atoms with Gasteiger partial charge in [-0.1, -0.05) is 91.9 Å². The summed E-state index contributed by atoms with van der Waals surface area (Å²) >= 11 is 0. The van der Waals surface area contributed by atoms with Gasteiger partial charge >= 0.3 is 0 Å². The molecule has 0 aromatic carbocycles. The fourth-order valence-electron chi connectivity index (χ4n) is 3.11. The van der Waals surface area contributed by atoms with Gasteiger partial charge in [0.25, 0.3) is 0 Å². The molecule has 0 spiro atoms. The first kappa shape index (κ1) is 23.3. The number of unbranched alkanes of at least 4 members (excludes halogenated alkanes) is 6. The SMILES string of the molecule is CCC(C)CCCCCC(C=O)C(=O)CCCCCCCC(C)C. The summed E-state index contributed by atoms with van der Waals surface area (Å²) in [5.41, 5.74) is 0. The molecule has 0 fully saturated rings. The molecule has 0 N–H and O–H groups in total. The van der Waals surface area contributed by atoms with E-state index in [0.717, 1.165) is 50.2 Å². The molecule has 0 aliphatic rings. The number of carbonyl (C=O) groups excluding carboxylic acids is 2. The first-order valence-electron chi connectivity index (χ1n) is 10.5. The Kier molecular flexibility index (Phi) is 15.4. The molecule has 2 nitrogen and oxygen atoms in total. The lowest BCUT2D eigenvalue weighted by Crippen LogP contribution is -2.15. The number of hydrogen-bond acceptors (Lipinski definition) is 2. The molecule has 0 saturated carbocycles. The molecule has 2 unspecified atom stereocenters. The van der Waals surface area contributed by atoms with E-state index in [9.17, 15) is 9.59 Å². The zero-order chi connectivity index (χ0) is 18.2. The van der Waals surface area contributed by atoms with E-state index in [4.69, 9.17) is 0 Å². The highest BCUT2D eigenvalue weighted by Gasteiger charge is 2.16. The maximum absolute atomic E-state index is 12.1. The van der Waals surface area contributed by atoms with E-state index in [-0.39, 0.29) is 11.7 Å². The minimum atomic E-state index is -0.338. The van der Waals surface area contributed by atoms with Crippen LogP contribution in [-0.4, -0.2) is 12.1 Å². The summed E-state index contributed by atoms with van der Waals surface area (Å²) in [5.74, 6) is 1.43. The predicted octanol–water partition coefficient (Wildman–Crippen LogP) is 6.75. The Morgan fingerprint density at radius 1 is 0.792 bits per heavy atom. The quantitative estimate of drug-likeness (QED) is 0.167. The van der Waals surface area contributed by atoms with Crippen LogP contribution in [0.3, 0.4) is 0 Å². The number of rotatable bonds is 17. The molecule has 0 amide bonds. The highest BCUT2D eigenvalue weighted by Crippen LogP contribution is 2.17. The van der Waals surface area contributed by atoms with E-state index < -0.39 is 0 Å². The summed E-state index contributed by atoms with van der Waals surface area (Å²) in [4.78, 5) is 23.3. The molecule has 0 bridgehead atoms. The number of ketones is 1. The fourth-order valence-corrected chi connectivity index (χ4v) is 3.11. The molecule has 24 heavy (non-hydrogen) atoms. The summed E-state index contributed by atoms with van der Waals surface area (Å²) in [6, 6.07) is 0. The van der Waals surface area contributed by atoms with Crippen molar-refractivity contribution in [1.29, 1.82) is 0 Å². The molecular formula is C22H42O2. The van der Waals surface area contributed by atoms with Crippen molar-refractivity contribution in [2.75, 3.05) is 0 Å². The zero-order valence-corrected chi connectivity index (χ0v) is 16.8. The van der Waals surface area contributed by atoms with Gasteiger partial charge in [0.2, 0.25) is 0 Å². The second kappa shape index (κ2) is 15.8. The van der Waals surface area contributed by atoms with Crippen LogP contribution >= 0.6 is 0 Å². The van der Waals surface area contributed by atoms with Crippen molar-refractivity contribution in [3.63, 3.8) is 0 Å². The molecular weight excluding hydrogens is 296 g/mol. The van der Waals surface area contributed by atoms with E-state index >= 15 is 0 Å². The second-order valence-corrected chi connectivity index (χ2v) is 8.06. The van der Waals surface area contributed by atoms with E-state index in [1.54, 1.807) is 0 Å². The Morgan fingerprint density at radius 2 is 1.33 bits per heavy atom. The molecule has 0 saturated heterocycles. The summed E-state index contributed by atoms with van der Waals surface area (Å²) in [6.07, 6.45) is 15.4. The highest BCUT2D eigenvalue weighted by molar-refractivity contribution is 5.93. The van der Waals surface area contributed by atoms with E-state index in [0.29, 0.717) is 6.42 Å². The van der Waals surface area contributed by atoms with Gasteiger partial charge in [-0.2, -0.15) is 0 Å². The molecule has 0 aliphatic carbocycles. The summed E-state index contributed by atoms with van der Waals surface area (Å²) in [5, 5.41) is 0. The van der Waals surface area contributed by atoms with Crippen LogP contribution in [0.15, 0.2) is 0 Å². The van der Waals surface area contributed by atoms with Crippen LogP contribution in [0.2, 0.25) is 0 Å². The van der Waals surface area contributed by atoms with Gasteiger partial charge in [-0.25, -0.2) is 0 Å². The molecule has 0 aliphatic heterocycles. The summed E-state index contributed by atoms with van der Waals surface area (Å²) < 4.78 is 0. The van der Waals surface area contributed by atoms with Crippen LogP contribution in [0.25, 0.3) is 0 Å². The average molecular weight is 339 g/mol. The Balaban J connectivity index is 3.64. The first-order chi connectivity index (χ1) is 11.5. The predicted molar refractivity (Wildman–Crippen MR) is 104 cm³/mol. The van der Waals surface area contributed by atoms with Gasteiger partial charge in [-0.05, 0) is 24.7 Å². The van der Waals surface area contributed by atoms with Gasteiger partial charge < -0.3 is 4.79 Å². The second-order valence-electron chi connectivity index (χ2n) is 8.06. The number of aldehydes is 1. The molecule has 0 aromatic heterocycles. The van der Waals surface area contributed by atoms with Crippen molar-refractivity contribution in [2.24, 2.45) is 17.8 Å². The Bertz CT molecular complexity index is 309. The molecule has 2 atom stereocenters. The third-order valence-electron chi connectivity index (χ3n) is 5.19.